The molecular formula is C15H30ClNO3. The van der Waals surface area contributed by atoms with E-state index in [0.29, 0.717) is 32.3 Å². The maximum atomic E-state index is 5.86. The van der Waals surface area contributed by atoms with Crippen LogP contribution in [0, 0.1) is 5.92 Å². The van der Waals surface area contributed by atoms with E-state index in [-0.39, 0.29) is 0 Å². The quantitative estimate of drug-likeness (QED) is 0.386. The maximum Gasteiger partial charge on any atom is 0.0701 e. The molecule has 0 aromatic carbocycles. The Morgan fingerprint density at radius 1 is 1.00 bits per heavy atom. The van der Waals surface area contributed by atoms with Crippen molar-refractivity contribution in [3.05, 3.63) is 0 Å². The average molecular weight is 308 g/mol. The number of halogens is 1. The highest BCUT2D eigenvalue weighted by Crippen LogP contribution is 2.16. The smallest absolute Gasteiger partial charge is 0.0701 e. The van der Waals surface area contributed by atoms with Crippen molar-refractivity contribution in [3.8, 4) is 0 Å². The summed E-state index contributed by atoms with van der Waals surface area (Å²) >= 11 is 5.86. The Bertz CT molecular complexity index is 219. The zero-order valence-electron chi connectivity index (χ0n) is 12.8. The van der Waals surface area contributed by atoms with Crippen molar-refractivity contribution >= 4 is 11.6 Å². The molecule has 0 aliphatic carbocycles. The second-order valence-corrected chi connectivity index (χ2v) is 5.61. The van der Waals surface area contributed by atoms with Crippen molar-refractivity contribution in [1.29, 1.82) is 0 Å². The third kappa shape index (κ3) is 9.14. The summed E-state index contributed by atoms with van der Waals surface area (Å²) in [6, 6.07) is 0. The van der Waals surface area contributed by atoms with Gasteiger partial charge in [0, 0.05) is 25.6 Å². The molecule has 120 valence electrons. The fraction of sp³-hybridized carbons (Fsp3) is 1.00. The standard InChI is InChI=1S/C15H30ClNO3/c1-2-3-7-18-9-11-20-12-10-19-8-6-17-5-4-15(13-16)14-17/h15H,2-14H2,1H3. The minimum Gasteiger partial charge on any atom is -0.379 e. The molecule has 1 heterocycles. The molecule has 0 aromatic rings. The molecule has 0 bridgehead atoms. The van der Waals surface area contributed by atoms with Gasteiger partial charge >= 0.3 is 0 Å². The molecule has 0 saturated carbocycles. The van der Waals surface area contributed by atoms with Gasteiger partial charge in [-0.05, 0) is 25.3 Å². The van der Waals surface area contributed by atoms with Crippen molar-refractivity contribution in [3.63, 3.8) is 0 Å². The summed E-state index contributed by atoms with van der Waals surface area (Å²) in [6.45, 7) is 9.75. The molecule has 1 rings (SSSR count). The zero-order chi connectivity index (χ0) is 14.5. The Kier molecular flexibility index (Phi) is 11.7. The Morgan fingerprint density at radius 3 is 2.25 bits per heavy atom. The zero-order valence-corrected chi connectivity index (χ0v) is 13.6. The van der Waals surface area contributed by atoms with Crippen LogP contribution in [-0.4, -0.2) is 70.1 Å². The number of hydrogen-bond acceptors (Lipinski definition) is 4. The van der Waals surface area contributed by atoms with E-state index in [2.05, 4.69) is 11.8 Å². The van der Waals surface area contributed by atoms with Crippen molar-refractivity contribution in [2.75, 3.05) is 65.2 Å². The summed E-state index contributed by atoms with van der Waals surface area (Å²) in [6.07, 6.45) is 3.53. The fourth-order valence-electron chi connectivity index (χ4n) is 2.22. The van der Waals surface area contributed by atoms with Crippen LogP contribution >= 0.6 is 11.6 Å². The molecule has 1 saturated heterocycles. The van der Waals surface area contributed by atoms with Crippen LogP contribution in [-0.2, 0) is 14.2 Å². The monoisotopic (exact) mass is 307 g/mol. The lowest BCUT2D eigenvalue weighted by molar-refractivity contribution is 0.0110. The molecular weight excluding hydrogens is 278 g/mol. The molecule has 4 nitrogen and oxygen atoms in total. The Labute approximate surface area is 128 Å². The van der Waals surface area contributed by atoms with E-state index in [0.717, 1.165) is 45.1 Å². The molecule has 1 aliphatic rings. The van der Waals surface area contributed by atoms with Gasteiger partial charge in [0.25, 0.3) is 0 Å². The summed E-state index contributed by atoms with van der Waals surface area (Å²) in [4.78, 5) is 2.43. The highest BCUT2D eigenvalue weighted by molar-refractivity contribution is 6.18. The molecule has 5 heteroatoms. The summed E-state index contributed by atoms with van der Waals surface area (Å²) in [5, 5.41) is 0. The highest BCUT2D eigenvalue weighted by atomic mass is 35.5. The van der Waals surface area contributed by atoms with Crippen molar-refractivity contribution in [2.24, 2.45) is 5.92 Å². The van der Waals surface area contributed by atoms with Gasteiger partial charge in [-0.15, -0.1) is 11.6 Å². The largest absolute Gasteiger partial charge is 0.379 e. The predicted octanol–water partition coefficient (Wildman–Crippen LogP) is 2.40. The van der Waals surface area contributed by atoms with E-state index >= 15 is 0 Å². The molecule has 0 spiro atoms. The lowest BCUT2D eigenvalue weighted by atomic mass is 10.2. The lowest BCUT2D eigenvalue weighted by Crippen LogP contribution is -2.26. The summed E-state index contributed by atoms with van der Waals surface area (Å²) < 4.78 is 16.4. The van der Waals surface area contributed by atoms with Gasteiger partial charge < -0.3 is 19.1 Å². The average Bonchev–Trinajstić information content (AvgIpc) is 2.93. The second-order valence-electron chi connectivity index (χ2n) is 5.30. The molecule has 0 aromatic heterocycles. The first-order valence-corrected chi connectivity index (χ1v) is 8.41. The summed E-state index contributed by atoms with van der Waals surface area (Å²) in [7, 11) is 0. The normalized spacial score (nSPS) is 19.8. The SMILES string of the molecule is CCCCOCCOCCOCCN1CCC(CCl)C1. The van der Waals surface area contributed by atoms with E-state index in [1.807, 2.05) is 0 Å². The van der Waals surface area contributed by atoms with Gasteiger partial charge in [0.2, 0.25) is 0 Å². The van der Waals surface area contributed by atoms with Crippen LogP contribution in [0.15, 0.2) is 0 Å². The van der Waals surface area contributed by atoms with Crippen LogP contribution < -0.4 is 0 Å². The van der Waals surface area contributed by atoms with Crippen LogP contribution in [0.5, 0.6) is 0 Å². The van der Waals surface area contributed by atoms with Crippen molar-refractivity contribution in [1.82, 2.24) is 4.90 Å². The molecule has 20 heavy (non-hydrogen) atoms. The first-order valence-electron chi connectivity index (χ1n) is 7.88. The Balaban J connectivity index is 1.75. The van der Waals surface area contributed by atoms with Crippen LogP contribution in [0.4, 0.5) is 0 Å². The number of hydrogen-bond donors (Lipinski definition) is 0. The van der Waals surface area contributed by atoms with Gasteiger partial charge in [-0.2, -0.15) is 0 Å². The highest BCUT2D eigenvalue weighted by Gasteiger charge is 2.20. The minimum absolute atomic E-state index is 0.654. The van der Waals surface area contributed by atoms with Gasteiger partial charge in [-0.25, -0.2) is 0 Å². The van der Waals surface area contributed by atoms with Gasteiger partial charge in [-0.3, -0.25) is 0 Å². The van der Waals surface area contributed by atoms with Crippen molar-refractivity contribution < 1.29 is 14.2 Å². The van der Waals surface area contributed by atoms with Gasteiger partial charge in [0.1, 0.15) is 0 Å². The number of unbranched alkanes of at least 4 members (excludes halogenated alkanes) is 1. The van der Waals surface area contributed by atoms with E-state index in [1.54, 1.807) is 0 Å². The number of rotatable bonds is 13. The molecule has 1 fully saturated rings. The maximum absolute atomic E-state index is 5.86. The van der Waals surface area contributed by atoms with Crippen LogP contribution in [0.2, 0.25) is 0 Å². The van der Waals surface area contributed by atoms with E-state index in [4.69, 9.17) is 25.8 Å². The van der Waals surface area contributed by atoms with E-state index in [9.17, 15) is 0 Å². The Morgan fingerprint density at radius 2 is 1.65 bits per heavy atom. The molecule has 1 atom stereocenters. The van der Waals surface area contributed by atoms with Crippen molar-refractivity contribution in [2.45, 2.75) is 26.2 Å². The third-order valence-corrected chi connectivity index (χ3v) is 3.96. The molecule has 1 aliphatic heterocycles. The predicted molar refractivity (Wildman–Crippen MR) is 82.6 cm³/mol. The number of alkyl halides is 1. The topological polar surface area (TPSA) is 30.9 Å². The molecule has 0 radical (unpaired) electrons. The van der Waals surface area contributed by atoms with Gasteiger partial charge in [-0.1, -0.05) is 13.3 Å². The third-order valence-electron chi connectivity index (χ3n) is 3.53. The fourth-order valence-corrected chi connectivity index (χ4v) is 2.48. The van der Waals surface area contributed by atoms with Crippen LogP contribution in [0.25, 0.3) is 0 Å². The summed E-state index contributed by atoms with van der Waals surface area (Å²) in [5.41, 5.74) is 0. The molecule has 0 N–H and O–H groups in total. The first kappa shape index (κ1) is 18.2. The van der Waals surface area contributed by atoms with Gasteiger partial charge in [0.15, 0.2) is 0 Å². The van der Waals surface area contributed by atoms with Gasteiger partial charge in [0.05, 0.1) is 33.0 Å². The summed E-state index contributed by atoms with van der Waals surface area (Å²) in [5.74, 6) is 1.46. The van der Waals surface area contributed by atoms with E-state index in [1.165, 1.54) is 12.8 Å². The molecule has 0 amide bonds. The number of nitrogens with zero attached hydrogens (tertiary/aromatic N) is 1. The number of ether oxygens (including phenoxy) is 3. The number of likely N-dealkylation sites (tertiary alicyclic amines) is 1. The first-order chi connectivity index (χ1) is 9.86. The molecule has 1 unspecified atom stereocenters. The Hall–Kier alpha value is 0.130. The minimum atomic E-state index is 0.654. The second kappa shape index (κ2) is 12.8. The van der Waals surface area contributed by atoms with Crippen LogP contribution in [0.1, 0.15) is 26.2 Å². The van der Waals surface area contributed by atoms with Crippen LogP contribution in [0.3, 0.4) is 0 Å². The lowest BCUT2D eigenvalue weighted by Gasteiger charge is -2.15. The van der Waals surface area contributed by atoms with E-state index < -0.39 is 0 Å².